The smallest absolute Gasteiger partial charge is 0.228 e. The molecule has 4 rings (SSSR count). The van der Waals surface area contributed by atoms with Crippen LogP contribution in [0.15, 0.2) is 53.9 Å². The Morgan fingerprint density at radius 2 is 2.04 bits per heavy atom. The molecular formula is C19H17N3OS. The molecule has 120 valence electrons. The first-order valence-electron chi connectivity index (χ1n) is 7.89. The maximum atomic E-state index is 11.5. The van der Waals surface area contributed by atoms with Gasteiger partial charge in [0.1, 0.15) is 0 Å². The minimum atomic E-state index is 0.0551. The van der Waals surface area contributed by atoms with Gasteiger partial charge in [-0.3, -0.25) is 4.79 Å². The molecule has 2 N–H and O–H groups in total. The molecule has 0 bridgehead atoms. The van der Waals surface area contributed by atoms with E-state index in [4.69, 9.17) is 4.98 Å². The largest absolute Gasteiger partial charge is 0.355 e. The molecule has 5 heteroatoms. The van der Waals surface area contributed by atoms with Crippen LogP contribution in [0.2, 0.25) is 0 Å². The van der Waals surface area contributed by atoms with E-state index < -0.39 is 0 Å². The van der Waals surface area contributed by atoms with E-state index in [2.05, 4.69) is 29.7 Å². The molecule has 0 saturated heterocycles. The van der Waals surface area contributed by atoms with Gasteiger partial charge >= 0.3 is 0 Å². The second-order valence-corrected chi connectivity index (χ2v) is 6.77. The van der Waals surface area contributed by atoms with Crippen LogP contribution in [-0.2, 0) is 11.2 Å². The third kappa shape index (κ3) is 2.90. The van der Waals surface area contributed by atoms with Crippen LogP contribution in [0, 0.1) is 0 Å². The highest BCUT2D eigenvalue weighted by Crippen LogP contribution is 2.31. The number of anilines is 2. The molecule has 0 unspecified atom stereocenters. The monoisotopic (exact) mass is 335 g/mol. The van der Waals surface area contributed by atoms with Crippen molar-refractivity contribution in [2.24, 2.45) is 0 Å². The van der Waals surface area contributed by atoms with Crippen molar-refractivity contribution in [2.75, 3.05) is 10.6 Å². The van der Waals surface area contributed by atoms with Gasteiger partial charge in [-0.1, -0.05) is 36.4 Å². The fourth-order valence-electron chi connectivity index (χ4n) is 2.87. The lowest BCUT2D eigenvalue weighted by atomic mass is 10.1. The summed E-state index contributed by atoms with van der Waals surface area (Å²) in [5.74, 6) is 0.0551. The Bertz CT molecular complexity index is 889. The number of aromatic nitrogens is 1. The van der Waals surface area contributed by atoms with Crippen molar-refractivity contribution in [1.82, 2.24) is 4.98 Å². The van der Waals surface area contributed by atoms with Crippen LogP contribution in [-0.4, -0.2) is 10.9 Å². The zero-order valence-corrected chi connectivity index (χ0v) is 14.1. The highest BCUT2D eigenvalue weighted by molar-refractivity contribution is 7.14. The number of carbonyl (C=O) groups excluding carboxylic acids is 1. The Morgan fingerprint density at radius 1 is 1.21 bits per heavy atom. The van der Waals surface area contributed by atoms with Gasteiger partial charge in [0.2, 0.25) is 5.91 Å². The standard InChI is InChI=1S/C19H17N3OS/c1-12(13-5-3-2-4-6-13)20-19-22-17(11-24-19)14-7-8-16-15(9-14)10-18(23)21-16/h2-9,11-12H,10H2,1H3,(H,20,22)(H,21,23)/t12-/m1/s1. The van der Waals surface area contributed by atoms with Gasteiger partial charge in [0.15, 0.2) is 5.13 Å². The van der Waals surface area contributed by atoms with Crippen LogP contribution in [0.3, 0.4) is 0 Å². The maximum absolute atomic E-state index is 11.5. The average Bonchev–Trinajstić information content (AvgIpc) is 3.20. The number of thiazole rings is 1. The Hall–Kier alpha value is -2.66. The predicted octanol–water partition coefficient (Wildman–Crippen LogP) is 4.48. The van der Waals surface area contributed by atoms with Crippen molar-refractivity contribution in [3.63, 3.8) is 0 Å². The topological polar surface area (TPSA) is 54.0 Å². The SMILES string of the molecule is C[C@@H](Nc1nc(-c2ccc3c(c2)CC(=O)N3)cs1)c1ccccc1. The van der Waals surface area contributed by atoms with Crippen LogP contribution in [0.25, 0.3) is 11.3 Å². The summed E-state index contributed by atoms with van der Waals surface area (Å²) in [4.78, 5) is 16.2. The van der Waals surface area contributed by atoms with Gasteiger partial charge in [-0.2, -0.15) is 0 Å². The Balaban J connectivity index is 1.53. The summed E-state index contributed by atoms with van der Waals surface area (Å²) in [5.41, 5.74) is 5.16. The Kier molecular flexibility index (Phi) is 3.78. The van der Waals surface area contributed by atoms with Crippen LogP contribution in [0.1, 0.15) is 24.1 Å². The highest BCUT2D eigenvalue weighted by Gasteiger charge is 2.18. The van der Waals surface area contributed by atoms with Crippen LogP contribution in [0.5, 0.6) is 0 Å². The number of benzene rings is 2. The quantitative estimate of drug-likeness (QED) is 0.739. The second kappa shape index (κ2) is 6.09. The van der Waals surface area contributed by atoms with Crippen molar-refractivity contribution in [3.8, 4) is 11.3 Å². The van der Waals surface area contributed by atoms with E-state index in [9.17, 15) is 4.79 Å². The first-order valence-corrected chi connectivity index (χ1v) is 8.77. The molecule has 1 aliphatic heterocycles. The summed E-state index contributed by atoms with van der Waals surface area (Å²) in [6.45, 7) is 2.13. The van der Waals surface area contributed by atoms with Gasteiger partial charge in [0.05, 0.1) is 18.2 Å². The Labute approximate surface area is 144 Å². The molecule has 3 aromatic rings. The molecule has 2 aromatic carbocycles. The molecule has 2 heterocycles. The number of hydrogen-bond donors (Lipinski definition) is 2. The van der Waals surface area contributed by atoms with E-state index in [0.717, 1.165) is 27.6 Å². The fourth-order valence-corrected chi connectivity index (χ4v) is 3.68. The molecular weight excluding hydrogens is 318 g/mol. The molecule has 0 spiro atoms. The zero-order chi connectivity index (χ0) is 16.5. The number of nitrogens with one attached hydrogen (secondary N) is 2. The van der Waals surface area contributed by atoms with Crippen molar-refractivity contribution in [1.29, 1.82) is 0 Å². The highest BCUT2D eigenvalue weighted by atomic mass is 32.1. The van der Waals surface area contributed by atoms with Gasteiger partial charge in [-0.15, -0.1) is 11.3 Å². The molecule has 0 aliphatic carbocycles. The molecule has 1 amide bonds. The first-order chi connectivity index (χ1) is 11.7. The lowest BCUT2D eigenvalue weighted by molar-refractivity contribution is -0.115. The molecule has 0 fully saturated rings. The maximum Gasteiger partial charge on any atom is 0.228 e. The van der Waals surface area contributed by atoms with E-state index in [-0.39, 0.29) is 11.9 Å². The summed E-state index contributed by atoms with van der Waals surface area (Å²) in [7, 11) is 0. The van der Waals surface area contributed by atoms with Crippen molar-refractivity contribution in [2.45, 2.75) is 19.4 Å². The minimum Gasteiger partial charge on any atom is -0.355 e. The van der Waals surface area contributed by atoms with E-state index in [1.165, 1.54) is 5.56 Å². The van der Waals surface area contributed by atoms with Gasteiger partial charge < -0.3 is 10.6 Å². The van der Waals surface area contributed by atoms with Gasteiger partial charge in [0.25, 0.3) is 0 Å². The molecule has 24 heavy (non-hydrogen) atoms. The molecule has 4 nitrogen and oxygen atoms in total. The van der Waals surface area contributed by atoms with E-state index in [0.29, 0.717) is 6.42 Å². The van der Waals surface area contributed by atoms with Gasteiger partial charge in [-0.25, -0.2) is 4.98 Å². The predicted molar refractivity (Wildman–Crippen MR) is 98.4 cm³/mol. The number of fused-ring (bicyclic) bond motifs is 1. The third-order valence-corrected chi connectivity index (χ3v) is 4.94. The lowest BCUT2D eigenvalue weighted by Gasteiger charge is -2.12. The third-order valence-electron chi connectivity index (χ3n) is 4.17. The average molecular weight is 335 g/mol. The van der Waals surface area contributed by atoms with E-state index in [1.807, 2.05) is 41.8 Å². The number of rotatable bonds is 4. The molecule has 1 atom stereocenters. The number of carbonyl (C=O) groups is 1. The first kappa shape index (κ1) is 14.9. The van der Waals surface area contributed by atoms with E-state index >= 15 is 0 Å². The molecule has 1 aromatic heterocycles. The zero-order valence-electron chi connectivity index (χ0n) is 13.2. The van der Waals surface area contributed by atoms with Crippen molar-refractivity contribution >= 4 is 28.1 Å². The lowest BCUT2D eigenvalue weighted by Crippen LogP contribution is -2.05. The summed E-state index contributed by atoms with van der Waals surface area (Å²) in [6, 6.07) is 16.5. The van der Waals surface area contributed by atoms with Crippen molar-refractivity contribution in [3.05, 3.63) is 65.0 Å². The molecule has 0 radical (unpaired) electrons. The molecule has 1 aliphatic rings. The number of amides is 1. The van der Waals surface area contributed by atoms with Crippen molar-refractivity contribution < 1.29 is 4.79 Å². The van der Waals surface area contributed by atoms with Gasteiger partial charge in [0, 0.05) is 16.6 Å². The van der Waals surface area contributed by atoms with Gasteiger partial charge in [-0.05, 0) is 30.2 Å². The Morgan fingerprint density at radius 3 is 2.88 bits per heavy atom. The molecule has 0 saturated carbocycles. The number of hydrogen-bond acceptors (Lipinski definition) is 4. The van der Waals surface area contributed by atoms with Crippen LogP contribution in [0.4, 0.5) is 10.8 Å². The van der Waals surface area contributed by atoms with Crippen LogP contribution >= 0.6 is 11.3 Å². The summed E-state index contributed by atoms with van der Waals surface area (Å²) >= 11 is 1.60. The fraction of sp³-hybridized carbons (Fsp3) is 0.158. The normalized spacial score (nSPS) is 14.1. The van der Waals surface area contributed by atoms with E-state index in [1.54, 1.807) is 11.3 Å². The summed E-state index contributed by atoms with van der Waals surface area (Å²) in [5, 5.41) is 9.25. The minimum absolute atomic E-state index is 0.0551. The number of nitrogens with zero attached hydrogens (tertiary/aromatic N) is 1. The summed E-state index contributed by atoms with van der Waals surface area (Å²) in [6.07, 6.45) is 0.448. The summed E-state index contributed by atoms with van der Waals surface area (Å²) < 4.78 is 0. The second-order valence-electron chi connectivity index (χ2n) is 5.91. The van der Waals surface area contributed by atoms with Crippen LogP contribution < -0.4 is 10.6 Å².